The second kappa shape index (κ2) is 12.9. The molecule has 0 spiro atoms. The summed E-state index contributed by atoms with van der Waals surface area (Å²) in [5.41, 5.74) is 9.21. The minimum absolute atomic E-state index is 0.00257. The van der Waals surface area contributed by atoms with Crippen molar-refractivity contribution < 1.29 is 22.7 Å². The van der Waals surface area contributed by atoms with Gasteiger partial charge in [0.05, 0.1) is 0 Å². The molecule has 3 N–H and O–H groups in total. The topological polar surface area (TPSA) is 112 Å². The predicted octanol–water partition coefficient (Wildman–Crippen LogP) is 5.41. The number of alkyl halides is 3. The van der Waals surface area contributed by atoms with Crippen molar-refractivity contribution in [1.29, 1.82) is 5.41 Å². The average Bonchev–Trinajstić information content (AvgIpc) is 3.03. The standard InChI is InChI=1S/C33H38F3N7O2/c1-5-21-17-23-29(30(45-19-33(34,35)36)28(21)27-20(3)7-8-25(38)24(27)18-37)39-31(22-9-11-41(4)12-10-22)40-32(23)43-15-13-42(14-16-43)26(44)6-2/h5-8,17-18,22,37H,1-2,9-16,19,38H2,3-4H3. The normalized spacial score (nSPS) is 16.6. The summed E-state index contributed by atoms with van der Waals surface area (Å²) in [6.45, 7) is 11.3. The number of nitrogens with one attached hydrogen (secondary N) is 1. The number of benzene rings is 2. The van der Waals surface area contributed by atoms with Crippen molar-refractivity contribution in [2.75, 3.05) is 63.6 Å². The van der Waals surface area contributed by atoms with E-state index in [1.54, 1.807) is 23.1 Å². The molecule has 2 aliphatic heterocycles. The fourth-order valence-electron chi connectivity index (χ4n) is 6.16. The van der Waals surface area contributed by atoms with E-state index in [-0.39, 0.29) is 23.1 Å². The SMILES string of the molecule is C=CC(=O)N1CCN(c2nc(C3CCN(C)CC3)nc3c(OCC(F)(F)F)c(-c4c(C)ccc(N)c4C=N)c(C=C)cc23)CC1. The third-order valence-corrected chi connectivity index (χ3v) is 8.60. The number of piperazine rings is 1. The second-order valence-corrected chi connectivity index (χ2v) is 11.6. The number of nitrogens with zero attached hydrogens (tertiary/aromatic N) is 5. The first-order valence-corrected chi connectivity index (χ1v) is 14.9. The summed E-state index contributed by atoms with van der Waals surface area (Å²) in [5.74, 6) is 0.894. The van der Waals surface area contributed by atoms with Crippen molar-refractivity contribution >= 4 is 40.6 Å². The highest BCUT2D eigenvalue weighted by Gasteiger charge is 2.33. The molecule has 2 fully saturated rings. The zero-order valence-electron chi connectivity index (χ0n) is 25.6. The van der Waals surface area contributed by atoms with Gasteiger partial charge in [-0.3, -0.25) is 4.79 Å². The molecule has 238 valence electrons. The Labute approximate surface area is 260 Å². The van der Waals surface area contributed by atoms with Crippen LogP contribution in [-0.4, -0.2) is 91.0 Å². The summed E-state index contributed by atoms with van der Waals surface area (Å²) < 4.78 is 47.0. The Balaban J connectivity index is 1.81. The number of ether oxygens (including phenoxy) is 1. The lowest BCUT2D eigenvalue weighted by Crippen LogP contribution is -2.48. The van der Waals surface area contributed by atoms with Crippen LogP contribution in [0, 0.1) is 12.3 Å². The Morgan fingerprint density at radius 1 is 1.11 bits per heavy atom. The van der Waals surface area contributed by atoms with Crippen LogP contribution in [0.15, 0.2) is 37.4 Å². The molecule has 2 aliphatic rings. The van der Waals surface area contributed by atoms with E-state index < -0.39 is 12.8 Å². The molecule has 2 aromatic carbocycles. The van der Waals surface area contributed by atoms with Gasteiger partial charge in [0.2, 0.25) is 5.91 Å². The number of anilines is 2. The smallest absolute Gasteiger partial charge is 0.422 e. The van der Waals surface area contributed by atoms with Gasteiger partial charge in [0.15, 0.2) is 12.4 Å². The summed E-state index contributed by atoms with van der Waals surface area (Å²) >= 11 is 0. The summed E-state index contributed by atoms with van der Waals surface area (Å²) in [4.78, 5) is 28.3. The molecule has 9 nitrogen and oxygen atoms in total. The van der Waals surface area contributed by atoms with E-state index in [9.17, 15) is 18.0 Å². The summed E-state index contributed by atoms with van der Waals surface area (Å²) in [5, 5.41) is 8.64. The fourth-order valence-corrected chi connectivity index (χ4v) is 6.16. The van der Waals surface area contributed by atoms with Gasteiger partial charge in [0.1, 0.15) is 17.2 Å². The van der Waals surface area contributed by atoms with Gasteiger partial charge in [-0.05, 0) is 74.8 Å². The molecule has 5 rings (SSSR count). The van der Waals surface area contributed by atoms with E-state index in [1.807, 2.05) is 24.9 Å². The first-order valence-electron chi connectivity index (χ1n) is 14.9. The van der Waals surface area contributed by atoms with Gasteiger partial charge in [-0.15, -0.1) is 0 Å². The maximum Gasteiger partial charge on any atom is 0.422 e. The highest BCUT2D eigenvalue weighted by atomic mass is 19.4. The number of amides is 1. The van der Waals surface area contributed by atoms with Crippen LogP contribution in [-0.2, 0) is 4.79 Å². The van der Waals surface area contributed by atoms with Gasteiger partial charge in [-0.2, -0.15) is 13.2 Å². The maximum atomic E-state index is 13.8. The van der Waals surface area contributed by atoms with E-state index in [4.69, 9.17) is 25.8 Å². The molecule has 0 atom stereocenters. The van der Waals surface area contributed by atoms with E-state index in [2.05, 4.69) is 18.1 Å². The van der Waals surface area contributed by atoms with Crippen molar-refractivity contribution in [3.05, 3.63) is 59.9 Å². The number of fused-ring (bicyclic) bond motifs is 1. The maximum absolute atomic E-state index is 13.8. The number of hydrogen-bond donors (Lipinski definition) is 2. The predicted molar refractivity (Wildman–Crippen MR) is 172 cm³/mol. The Kier molecular flexibility index (Phi) is 9.15. The minimum Gasteiger partial charge on any atom is -0.481 e. The lowest BCUT2D eigenvalue weighted by Gasteiger charge is -2.36. The zero-order valence-corrected chi connectivity index (χ0v) is 25.6. The van der Waals surface area contributed by atoms with Crippen LogP contribution in [0.3, 0.4) is 0 Å². The molecule has 0 saturated carbocycles. The van der Waals surface area contributed by atoms with Gasteiger partial charge >= 0.3 is 6.18 Å². The van der Waals surface area contributed by atoms with E-state index in [0.29, 0.717) is 76.7 Å². The van der Waals surface area contributed by atoms with Crippen molar-refractivity contribution in [3.63, 3.8) is 0 Å². The fraction of sp³-hybridized carbons (Fsp3) is 0.394. The molecule has 12 heteroatoms. The molecule has 45 heavy (non-hydrogen) atoms. The summed E-state index contributed by atoms with van der Waals surface area (Å²) in [6, 6.07) is 5.25. The number of nitrogen functional groups attached to an aromatic ring is 1. The average molecular weight is 622 g/mol. The Morgan fingerprint density at radius 3 is 2.40 bits per heavy atom. The van der Waals surface area contributed by atoms with E-state index in [0.717, 1.165) is 32.1 Å². The molecule has 2 saturated heterocycles. The largest absolute Gasteiger partial charge is 0.481 e. The van der Waals surface area contributed by atoms with Gasteiger partial charge in [0.25, 0.3) is 0 Å². The van der Waals surface area contributed by atoms with Gasteiger partial charge in [-0.1, -0.05) is 25.3 Å². The number of halogens is 3. The van der Waals surface area contributed by atoms with Crippen LogP contribution in [0.2, 0.25) is 0 Å². The monoisotopic (exact) mass is 621 g/mol. The second-order valence-electron chi connectivity index (χ2n) is 11.6. The number of nitrogens with two attached hydrogens (primary N) is 1. The molecule has 0 aliphatic carbocycles. The number of aromatic nitrogens is 2. The van der Waals surface area contributed by atoms with E-state index in [1.165, 1.54) is 6.08 Å². The van der Waals surface area contributed by atoms with Crippen molar-refractivity contribution in [2.24, 2.45) is 0 Å². The number of carbonyl (C=O) groups is 1. The first-order chi connectivity index (χ1) is 21.4. The number of rotatable bonds is 8. The molecular weight excluding hydrogens is 583 g/mol. The molecule has 0 unspecified atom stereocenters. The van der Waals surface area contributed by atoms with Gasteiger partial charge < -0.3 is 30.6 Å². The van der Waals surface area contributed by atoms with E-state index >= 15 is 0 Å². The highest BCUT2D eigenvalue weighted by Crippen LogP contribution is 2.46. The Bertz CT molecular complexity index is 1640. The third-order valence-electron chi connectivity index (χ3n) is 8.60. The molecule has 0 radical (unpaired) electrons. The van der Waals surface area contributed by atoms with Crippen molar-refractivity contribution in [2.45, 2.75) is 31.9 Å². The highest BCUT2D eigenvalue weighted by molar-refractivity contribution is 6.06. The molecule has 1 amide bonds. The Morgan fingerprint density at radius 2 is 1.80 bits per heavy atom. The van der Waals surface area contributed by atoms with Crippen LogP contribution in [0.1, 0.15) is 41.3 Å². The molecule has 3 heterocycles. The van der Waals surface area contributed by atoms with Crippen LogP contribution in [0.4, 0.5) is 24.7 Å². The molecule has 0 bridgehead atoms. The lowest BCUT2D eigenvalue weighted by atomic mass is 9.88. The van der Waals surface area contributed by atoms with Crippen LogP contribution < -0.4 is 15.4 Å². The summed E-state index contributed by atoms with van der Waals surface area (Å²) in [6.07, 6.45) is 0.917. The number of likely N-dealkylation sites (tertiary alicyclic amines) is 1. The number of hydrogen-bond acceptors (Lipinski definition) is 8. The number of aryl methyl sites for hydroxylation is 1. The van der Waals surface area contributed by atoms with Crippen LogP contribution in [0.5, 0.6) is 5.75 Å². The van der Waals surface area contributed by atoms with Crippen molar-refractivity contribution in [3.8, 4) is 16.9 Å². The summed E-state index contributed by atoms with van der Waals surface area (Å²) in [7, 11) is 2.05. The van der Waals surface area contributed by atoms with Crippen LogP contribution in [0.25, 0.3) is 28.1 Å². The first kappa shape index (κ1) is 32.0. The third kappa shape index (κ3) is 6.51. The number of piperidine rings is 1. The minimum atomic E-state index is -4.62. The molecule has 1 aromatic heterocycles. The van der Waals surface area contributed by atoms with Crippen LogP contribution >= 0.6 is 0 Å². The molecule has 3 aromatic rings. The van der Waals surface area contributed by atoms with Gasteiger partial charge in [-0.25, -0.2) is 9.97 Å². The molecular formula is C33H38F3N7O2. The van der Waals surface area contributed by atoms with Gasteiger partial charge in [0, 0.05) is 60.5 Å². The Hall–Kier alpha value is -4.45. The van der Waals surface area contributed by atoms with Crippen molar-refractivity contribution in [1.82, 2.24) is 19.8 Å². The lowest BCUT2D eigenvalue weighted by molar-refractivity contribution is -0.153. The zero-order chi connectivity index (χ0) is 32.5. The number of carbonyl (C=O) groups excluding carboxylic acids is 1. The quantitative estimate of drug-likeness (QED) is 0.197.